The SMILES string of the molecule is COc1cc(CO)c(-c2cn3ccc(N4CCN(c5cnc(N6CCCC6)nc5)CC4)cc3n2)cc1Cl. The van der Waals surface area contributed by atoms with Gasteiger partial charge in [0.2, 0.25) is 5.95 Å². The predicted octanol–water partition coefficient (Wildman–Crippen LogP) is 3.87. The first-order valence-electron chi connectivity index (χ1n) is 12.7. The lowest BCUT2D eigenvalue weighted by Gasteiger charge is -2.37. The second kappa shape index (κ2) is 10.1. The van der Waals surface area contributed by atoms with Crippen molar-refractivity contribution in [2.75, 3.05) is 61.1 Å². The molecule has 0 bridgehead atoms. The number of nitrogens with zero attached hydrogens (tertiary/aromatic N) is 7. The summed E-state index contributed by atoms with van der Waals surface area (Å²) in [5.74, 6) is 1.38. The summed E-state index contributed by atoms with van der Waals surface area (Å²) >= 11 is 6.37. The molecule has 2 fully saturated rings. The van der Waals surface area contributed by atoms with Crippen LogP contribution in [0.2, 0.25) is 5.02 Å². The van der Waals surface area contributed by atoms with Crippen LogP contribution in [0.3, 0.4) is 0 Å². The smallest absolute Gasteiger partial charge is 0.225 e. The molecule has 2 saturated heterocycles. The van der Waals surface area contributed by atoms with Gasteiger partial charge in [-0.05, 0) is 36.6 Å². The molecule has 2 aliphatic heterocycles. The molecule has 0 unspecified atom stereocenters. The van der Waals surface area contributed by atoms with Crippen molar-refractivity contribution in [3.8, 4) is 17.0 Å². The molecule has 192 valence electrons. The average molecular weight is 520 g/mol. The Balaban J connectivity index is 1.16. The Morgan fingerprint density at radius 1 is 0.919 bits per heavy atom. The van der Waals surface area contributed by atoms with Crippen LogP contribution in [0.25, 0.3) is 16.9 Å². The van der Waals surface area contributed by atoms with Crippen molar-refractivity contribution >= 4 is 34.6 Å². The molecule has 0 radical (unpaired) electrons. The third-order valence-electron chi connectivity index (χ3n) is 7.29. The molecule has 10 heteroatoms. The quantitative estimate of drug-likeness (QED) is 0.411. The van der Waals surface area contributed by atoms with Crippen molar-refractivity contribution in [2.24, 2.45) is 0 Å². The van der Waals surface area contributed by atoms with Crippen molar-refractivity contribution in [3.05, 3.63) is 59.6 Å². The van der Waals surface area contributed by atoms with Gasteiger partial charge in [0, 0.05) is 69.0 Å². The zero-order valence-electron chi connectivity index (χ0n) is 20.8. The number of aromatic nitrogens is 4. The Hall–Kier alpha value is -3.56. The Morgan fingerprint density at radius 2 is 1.62 bits per heavy atom. The third kappa shape index (κ3) is 4.65. The molecule has 6 rings (SSSR count). The Kier molecular flexibility index (Phi) is 6.48. The van der Waals surface area contributed by atoms with Crippen LogP contribution in [0.5, 0.6) is 5.75 Å². The van der Waals surface area contributed by atoms with Crippen molar-refractivity contribution in [1.29, 1.82) is 0 Å². The molecule has 3 aromatic heterocycles. The molecule has 2 aliphatic rings. The predicted molar refractivity (Wildman–Crippen MR) is 146 cm³/mol. The molecule has 9 nitrogen and oxygen atoms in total. The van der Waals surface area contributed by atoms with E-state index in [4.69, 9.17) is 21.3 Å². The number of piperazine rings is 1. The summed E-state index contributed by atoms with van der Waals surface area (Å²) in [6, 6.07) is 7.79. The number of anilines is 3. The maximum Gasteiger partial charge on any atom is 0.225 e. The molecule has 0 aliphatic carbocycles. The number of rotatable bonds is 6. The van der Waals surface area contributed by atoms with Gasteiger partial charge in [0.05, 0.1) is 42.5 Å². The molecular weight excluding hydrogens is 490 g/mol. The van der Waals surface area contributed by atoms with E-state index in [9.17, 15) is 5.11 Å². The van der Waals surface area contributed by atoms with Crippen molar-refractivity contribution < 1.29 is 9.84 Å². The van der Waals surface area contributed by atoms with Crippen LogP contribution < -0.4 is 19.4 Å². The lowest BCUT2D eigenvalue weighted by molar-refractivity contribution is 0.281. The van der Waals surface area contributed by atoms with E-state index in [2.05, 4.69) is 36.8 Å². The summed E-state index contributed by atoms with van der Waals surface area (Å²) in [7, 11) is 1.56. The second-order valence-corrected chi connectivity index (χ2v) is 9.90. The maximum absolute atomic E-state index is 9.89. The molecule has 37 heavy (non-hydrogen) atoms. The van der Waals surface area contributed by atoms with E-state index in [1.165, 1.54) is 12.8 Å². The van der Waals surface area contributed by atoms with Crippen molar-refractivity contribution in [1.82, 2.24) is 19.4 Å². The van der Waals surface area contributed by atoms with Gasteiger partial charge in [0.25, 0.3) is 0 Å². The number of halogens is 1. The summed E-state index contributed by atoms with van der Waals surface area (Å²) in [6.07, 6.45) is 10.3. The highest BCUT2D eigenvalue weighted by Crippen LogP contribution is 2.34. The first-order chi connectivity index (χ1) is 18.1. The standard InChI is InChI=1S/C27H30ClN7O2/c1-37-25-12-19(18-36)22(14-23(25)28)24-17-35-7-4-20(13-26(35)31-24)32-8-10-33(11-9-32)21-15-29-27(30-16-21)34-5-2-3-6-34/h4,7,12-17,36H,2-3,5-6,8-11,18H2,1H3. The first kappa shape index (κ1) is 23.8. The zero-order valence-corrected chi connectivity index (χ0v) is 21.6. The van der Waals surface area contributed by atoms with E-state index in [1.54, 1.807) is 19.2 Å². The van der Waals surface area contributed by atoms with Crippen LogP contribution in [0, 0.1) is 0 Å². The number of pyridine rings is 1. The molecule has 0 atom stereocenters. The third-order valence-corrected chi connectivity index (χ3v) is 7.59. The van der Waals surface area contributed by atoms with E-state index in [0.717, 1.165) is 79.1 Å². The number of aliphatic hydroxyl groups excluding tert-OH is 1. The number of benzene rings is 1. The van der Waals surface area contributed by atoms with Crippen molar-refractivity contribution in [2.45, 2.75) is 19.4 Å². The zero-order chi connectivity index (χ0) is 25.4. The number of aliphatic hydroxyl groups is 1. The van der Waals surface area contributed by atoms with Gasteiger partial charge in [-0.25, -0.2) is 15.0 Å². The van der Waals surface area contributed by atoms with Crippen LogP contribution in [-0.4, -0.2) is 70.8 Å². The lowest BCUT2D eigenvalue weighted by atomic mass is 10.1. The number of fused-ring (bicyclic) bond motifs is 1. The van der Waals surface area contributed by atoms with Crippen LogP contribution in [0.4, 0.5) is 17.3 Å². The van der Waals surface area contributed by atoms with Crippen LogP contribution >= 0.6 is 11.6 Å². The van der Waals surface area contributed by atoms with Gasteiger partial charge < -0.3 is 28.9 Å². The van der Waals surface area contributed by atoms with Crippen LogP contribution in [0.1, 0.15) is 18.4 Å². The minimum absolute atomic E-state index is 0.127. The van der Waals surface area contributed by atoms with Gasteiger partial charge in [0.15, 0.2) is 0 Å². The fourth-order valence-corrected chi connectivity index (χ4v) is 5.44. The second-order valence-electron chi connectivity index (χ2n) is 9.49. The number of methoxy groups -OCH3 is 1. The molecule has 4 aromatic rings. The van der Waals surface area contributed by atoms with Crippen LogP contribution in [0.15, 0.2) is 49.1 Å². The summed E-state index contributed by atoms with van der Waals surface area (Å²) in [4.78, 5) is 21.1. The summed E-state index contributed by atoms with van der Waals surface area (Å²) in [5, 5.41) is 10.4. The number of imidazole rings is 1. The van der Waals surface area contributed by atoms with Gasteiger partial charge in [-0.1, -0.05) is 11.6 Å². The number of hydrogen-bond donors (Lipinski definition) is 1. The monoisotopic (exact) mass is 519 g/mol. The normalized spacial score (nSPS) is 16.1. The molecule has 0 saturated carbocycles. The molecular formula is C27H30ClN7O2. The minimum Gasteiger partial charge on any atom is -0.495 e. The highest BCUT2D eigenvalue weighted by molar-refractivity contribution is 6.32. The number of ether oxygens (including phenoxy) is 1. The molecule has 1 N–H and O–H groups in total. The van der Waals surface area contributed by atoms with E-state index in [0.29, 0.717) is 10.8 Å². The molecule has 5 heterocycles. The lowest BCUT2D eigenvalue weighted by Crippen LogP contribution is -2.46. The Bertz CT molecular complexity index is 1390. The molecule has 0 spiro atoms. The van der Waals surface area contributed by atoms with Crippen molar-refractivity contribution in [3.63, 3.8) is 0 Å². The van der Waals surface area contributed by atoms with E-state index in [1.807, 2.05) is 29.2 Å². The van der Waals surface area contributed by atoms with Gasteiger partial charge in [-0.2, -0.15) is 0 Å². The minimum atomic E-state index is -0.127. The number of hydrogen-bond acceptors (Lipinski definition) is 8. The van der Waals surface area contributed by atoms with Gasteiger partial charge in [-0.3, -0.25) is 0 Å². The van der Waals surface area contributed by atoms with E-state index >= 15 is 0 Å². The maximum atomic E-state index is 9.89. The first-order valence-corrected chi connectivity index (χ1v) is 13.0. The summed E-state index contributed by atoms with van der Waals surface area (Å²) in [5.41, 5.74) is 5.34. The summed E-state index contributed by atoms with van der Waals surface area (Å²) < 4.78 is 7.29. The van der Waals surface area contributed by atoms with Crippen LogP contribution in [-0.2, 0) is 6.61 Å². The topological polar surface area (TPSA) is 82.3 Å². The molecule has 0 amide bonds. The average Bonchev–Trinajstić information content (AvgIpc) is 3.63. The van der Waals surface area contributed by atoms with Gasteiger partial charge >= 0.3 is 0 Å². The highest BCUT2D eigenvalue weighted by atomic mass is 35.5. The Morgan fingerprint density at radius 3 is 2.30 bits per heavy atom. The fraction of sp³-hybridized carbons (Fsp3) is 0.370. The molecule has 1 aromatic carbocycles. The highest BCUT2D eigenvalue weighted by Gasteiger charge is 2.21. The Labute approximate surface area is 220 Å². The van der Waals surface area contributed by atoms with E-state index in [-0.39, 0.29) is 6.61 Å². The van der Waals surface area contributed by atoms with Gasteiger partial charge in [-0.15, -0.1) is 0 Å². The van der Waals surface area contributed by atoms with E-state index < -0.39 is 0 Å². The van der Waals surface area contributed by atoms with Gasteiger partial charge in [0.1, 0.15) is 11.4 Å². The fourth-order valence-electron chi connectivity index (χ4n) is 5.20. The largest absolute Gasteiger partial charge is 0.495 e. The summed E-state index contributed by atoms with van der Waals surface area (Å²) in [6.45, 7) is 5.59.